The molecule has 0 radical (unpaired) electrons. The van der Waals surface area contributed by atoms with Crippen LogP contribution >= 0.6 is 11.6 Å². The summed E-state index contributed by atoms with van der Waals surface area (Å²) in [6, 6.07) is 11.0. The summed E-state index contributed by atoms with van der Waals surface area (Å²) in [7, 11) is 1.40. The van der Waals surface area contributed by atoms with Crippen molar-refractivity contribution in [3.8, 4) is 11.5 Å². The maximum atomic E-state index is 13.8. The SMILES string of the molecule is COc1ccc([C@@H](C)NC(=O)C(C)(C)Oc2ccc(Cl)cc2)cc1F. The molecule has 0 aliphatic rings. The van der Waals surface area contributed by atoms with Gasteiger partial charge in [0, 0.05) is 5.02 Å². The summed E-state index contributed by atoms with van der Waals surface area (Å²) in [5, 5.41) is 3.42. The van der Waals surface area contributed by atoms with Crippen LogP contribution in [0.1, 0.15) is 32.4 Å². The zero-order valence-corrected chi connectivity index (χ0v) is 15.4. The van der Waals surface area contributed by atoms with E-state index in [9.17, 15) is 9.18 Å². The van der Waals surface area contributed by atoms with Crippen LogP contribution < -0.4 is 14.8 Å². The molecule has 2 rings (SSSR count). The molecule has 4 nitrogen and oxygen atoms in total. The Morgan fingerprint density at radius 3 is 2.40 bits per heavy atom. The van der Waals surface area contributed by atoms with Crippen LogP contribution in [0.2, 0.25) is 5.02 Å². The Bertz CT molecular complexity index is 747. The van der Waals surface area contributed by atoms with Gasteiger partial charge in [-0.25, -0.2) is 4.39 Å². The van der Waals surface area contributed by atoms with E-state index in [2.05, 4.69) is 5.32 Å². The van der Waals surface area contributed by atoms with Crippen LogP contribution in [-0.4, -0.2) is 18.6 Å². The number of benzene rings is 2. The Kier molecular flexibility index (Phi) is 5.90. The Morgan fingerprint density at radius 2 is 1.84 bits per heavy atom. The van der Waals surface area contributed by atoms with Crippen molar-refractivity contribution in [2.45, 2.75) is 32.4 Å². The van der Waals surface area contributed by atoms with E-state index in [-0.39, 0.29) is 17.7 Å². The topological polar surface area (TPSA) is 47.6 Å². The van der Waals surface area contributed by atoms with Crippen LogP contribution in [0, 0.1) is 5.82 Å². The van der Waals surface area contributed by atoms with Crippen LogP contribution in [0.15, 0.2) is 42.5 Å². The molecule has 0 saturated heterocycles. The molecular formula is C19H21ClFNO3. The standard InChI is InChI=1S/C19H21ClFNO3/c1-12(13-5-10-17(24-4)16(21)11-13)22-18(23)19(2,3)25-15-8-6-14(20)7-9-15/h5-12H,1-4H3,(H,22,23)/t12-/m1/s1. The number of methoxy groups -OCH3 is 1. The highest BCUT2D eigenvalue weighted by atomic mass is 35.5. The molecule has 0 spiro atoms. The number of carbonyl (C=O) groups is 1. The molecule has 1 N–H and O–H groups in total. The zero-order chi connectivity index (χ0) is 18.6. The van der Waals surface area contributed by atoms with Gasteiger partial charge in [0.2, 0.25) is 0 Å². The Hall–Kier alpha value is -2.27. The second-order valence-electron chi connectivity index (χ2n) is 6.16. The fourth-order valence-corrected chi connectivity index (χ4v) is 2.38. The molecule has 25 heavy (non-hydrogen) atoms. The minimum Gasteiger partial charge on any atom is -0.494 e. The summed E-state index contributed by atoms with van der Waals surface area (Å²) in [6.07, 6.45) is 0. The molecule has 0 aliphatic heterocycles. The van der Waals surface area contributed by atoms with E-state index in [1.165, 1.54) is 19.2 Å². The second kappa shape index (κ2) is 7.74. The maximum Gasteiger partial charge on any atom is 0.264 e. The molecule has 0 unspecified atom stereocenters. The molecule has 1 atom stereocenters. The molecule has 134 valence electrons. The molecule has 6 heteroatoms. The van der Waals surface area contributed by atoms with Crippen LogP contribution in [0.3, 0.4) is 0 Å². The molecule has 0 heterocycles. The van der Waals surface area contributed by atoms with Gasteiger partial charge >= 0.3 is 0 Å². The van der Waals surface area contributed by atoms with E-state index in [4.69, 9.17) is 21.1 Å². The van der Waals surface area contributed by atoms with Crippen molar-refractivity contribution in [1.29, 1.82) is 0 Å². The number of halogens is 2. The van der Waals surface area contributed by atoms with Crippen molar-refractivity contribution in [3.63, 3.8) is 0 Å². The van der Waals surface area contributed by atoms with Crippen molar-refractivity contribution in [1.82, 2.24) is 5.32 Å². The lowest BCUT2D eigenvalue weighted by Gasteiger charge is -2.27. The Balaban J connectivity index is 2.06. The highest BCUT2D eigenvalue weighted by molar-refractivity contribution is 6.30. The van der Waals surface area contributed by atoms with Gasteiger partial charge in [0.25, 0.3) is 5.91 Å². The third-order valence-electron chi connectivity index (χ3n) is 3.76. The van der Waals surface area contributed by atoms with Gasteiger partial charge in [0.15, 0.2) is 17.2 Å². The fourth-order valence-electron chi connectivity index (χ4n) is 2.25. The van der Waals surface area contributed by atoms with Crippen molar-refractivity contribution < 1.29 is 18.7 Å². The minimum atomic E-state index is -1.10. The van der Waals surface area contributed by atoms with Crippen molar-refractivity contribution >= 4 is 17.5 Å². The Labute approximate surface area is 151 Å². The minimum absolute atomic E-state index is 0.161. The van der Waals surface area contributed by atoms with E-state index in [0.29, 0.717) is 16.3 Å². The van der Waals surface area contributed by atoms with Gasteiger partial charge in [-0.15, -0.1) is 0 Å². The largest absolute Gasteiger partial charge is 0.494 e. The predicted octanol–water partition coefficient (Wildman–Crippen LogP) is 4.52. The normalized spacial score (nSPS) is 12.4. The Morgan fingerprint density at radius 1 is 1.20 bits per heavy atom. The first-order valence-electron chi connectivity index (χ1n) is 7.82. The number of ether oxygens (including phenoxy) is 2. The summed E-state index contributed by atoms with van der Waals surface area (Å²) in [5.74, 6) is -0.0923. The molecule has 2 aromatic rings. The monoisotopic (exact) mass is 365 g/mol. The van der Waals surface area contributed by atoms with E-state index in [0.717, 1.165) is 0 Å². The third-order valence-corrected chi connectivity index (χ3v) is 4.01. The van der Waals surface area contributed by atoms with Gasteiger partial charge in [-0.1, -0.05) is 17.7 Å². The second-order valence-corrected chi connectivity index (χ2v) is 6.59. The van der Waals surface area contributed by atoms with E-state index in [1.807, 2.05) is 0 Å². The molecule has 0 bridgehead atoms. The molecule has 2 aromatic carbocycles. The van der Waals surface area contributed by atoms with Gasteiger partial charge in [-0.3, -0.25) is 4.79 Å². The summed E-state index contributed by atoms with van der Waals surface area (Å²) in [5.41, 5.74) is -0.471. The van der Waals surface area contributed by atoms with Gasteiger partial charge in [-0.2, -0.15) is 0 Å². The lowest BCUT2D eigenvalue weighted by atomic mass is 10.0. The third kappa shape index (κ3) is 4.86. The smallest absolute Gasteiger partial charge is 0.264 e. The highest BCUT2D eigenvalue weighted by Crippen LogP contribution is 2.24. The number of carbonyl (C=O) groups excluding carboxylic acids is 1. The van der Waals surface area contributed by atoms with E-state index >= 15 is 0 Å². The summed E-state index contributed by atoms with van der Waals surface area (Å²) in [4.78, 5) is 12.5. The number of hydrogen-bond acceptors (Lipinski definition) is 3. The number of rotatable bonds is 6. The highest BCUT2D eigenvalue weighted by Gasteiger charge is 2.31. The van der Waals surface area contributed by atoms with E-state index in [1.54, 1.807) is 51.1 Å². The lowest BCUT2D eigenvalue weighted by molar-refractivity contribution is -0.134. The molecular weight excluding hydrogens is 345 g/mol. The van der Waals surface area contributed by atoms with Crippen molar-refractivity contribution in [2.75, 3.05) is 7.11 Å². The summed E-state index contributed by atoms with van der Waals surface area (Å²) < 4.78 is 24.5. The molecule has 0 aromatic heterocycles. The predicted molar refractivity (Wildman–Crippen MR) is 95.7 cm³/mol. The van der Waals surface area contributed by atoms with Crippen molar-refractivity contribution in [3.05, 3.63) is 58.9 Å². The maximum absolute atomic E-state index is 13.8. The number of hydrogen-bond donors (Lipinski definition) is 1. The first kappa shape index (κ1) is 19.1. The van der Waals surface area contributed by atoms with Gasteiger partial charge in [0.1, 0.15) is 5.75 Å². The van der Waals surface area contributed by atoms with Crippen LogP contribution in [-0.2, 0) is 4.79 Å². The number of nitrogens with one attached hydrogen (secondary N) is 1. The molecule has 1 amide bonds. The van der Waals surface area contributed by atoms with Gasteiger partial charge in [-0.05, 0) is 62.7 Å². The van der Waals surface area contributed by atoms with E-state index < -0.39 is 11.4 Å². The molecule has 0 saturated carbocycles. The van der Waals surface area contributed by atoms with Crippen LogP contribution in [0.4, 0.5) is 4.39 Å². The quantitative estimate of drug-likeness (QED) is 0.818. The van der Waals surface area contributed by atoms with Gasteiger partial charge < -0.3 is 14.8 Å². The average Bonchev–Trinajstić information content (AvgIpc) is 2.56. The first-order chi connectivity index (χ1) is 11.7. The summed E-state index contributed by atoms with van der Waals surface area (Å²) in [6.45, 7) is 5.11. The lowest BCUT2D eigenvalue weighted by Crippen LogP contribution is -2.47. The summed E-state index contributed by atoms with van der Waals surface area (Å²) >= 11 is 5.84. The van der Waals surface area contributed by atoms with Crippen LogP contribution in [0.5, 0.6) is 11.5 Å². The van der Waals surface area contributed by atoms with Crippen molar-refractivity contribution in [2.24, 2.45) is 0 Å². The molecule has 0 aliphatic carbocycles. The number of amides is 1. The molecule has 0 fully saturated rings. The first-order valence-corrected chi connectivity index (χ1v) is 8.19. The zero-order valence-electron chi connectivity index (χ0n) is 14.6. The average molecular weight is 366 g/mol. The fraction of sp³-hybridized carbons (Fsp3) is 0.316. The van der Waals surface area contributed by atoms with Gasteiger partial charge in [0.05, 0.1) is 13.2 Å². The van der Waals surface area contributed by atoms with Crippen LogP contribution in [0.25, 0.3) is 0 Å².